The first kappa shape index (κ1) is 20.2. The van der Waals surface area contributed by atoms with Crippen LogP contribution >= 0.6 is 0 Å². The Balaban J connectivity index is 2.13. The Morgan fingerprint density at radius 2 is 1.92 bits per heavy atom. The average Bonchev–Trinajstić information content (AvgIpc) is 3.00. The van der Waals surface area contributed by atoms with E-state index in [2.05, 4.69) is 0 Å². The van der Waals surface area contributed by atoms with Crippen molar-refractivity contribution in [2.75, 3.05) is 32.6 Å². The summed E-state index contributed by atoms with van der Waals surface area (Å²) in [4.78, 5) is 26.5. The Hall–Kier alpha value is -2.09. The zero-order valence-corrected chi connectivity index (χ0v) is 16.3. The summed E-state index contributed by atoms with van der Waals surface area (Å²) < 4.78 is 28.4. The van der Waals surface area contributed by atoms with Gasteiger partial charge < -0.3 is 19.1 Å². The van der Waals surface area contributed by atoms with E-state index in [0.29, 0.717) is 23.8 Å². The number of carbonyl (C=O) groups is 2. The molecule has 1 amide bonds. The number of nitrogens with zero attached hydrogens (tertiary/aromatic N) is 1. The van der Waals surface area contributed by atoms with Crippen LogP contribution in [0.5, 0.6) is 11.5 Å². The van der Waals surface area contributed by atoms with Crippen molar-refractivity contribution in [2.45, 2.75) is 26.1 Å². The van der Waals surface area contributed by atoms with Gasteiger partial charge in [0.1, 0.15) is 17.4 Å². The number of amides is 1. The normalized spacial score (nSPS) is 19.9. The van der Waals surface area contributed by atoms with E-state index < -0.39 is 33.5 Å². The number of benzene rings is 1. The van der Waals surface area contributed by atoms with Gasteiger partial charge in [-0.15, -0.1) is 0 Å². The van der Waals surface area contributed by atoms with E-state index in [0.717, 1.165) is 0 Å². The smallest absolute Gasteiger partial charge is 0.321 e. The predicted molar refractivity (Wildman–Crippen MR) is 97.4 cm³/mol. The SMILES string of the molecule is CCOC(=O)C(C)(C)C(=O)N1CCS(=O)C1COc1ccccc1OC. The Kier molecular flexibility index (Phi) is 6.63. The fourth-order valence-corrected chi connectivity index (χ4v) is 4.02. The minimum atomic E-state index is -1.34. The van der Waals surface area contributed by atoms with E-state index in [1.54, 1.807) is 25.1 Å². The van der Waals surface area contributed by atoms with E-state index in [9.17, 15) is 13.8 Å². The van der Waals surface area contributed by atoms with Crippen molar-refractivity contribution in [1.29, 1.82) is 0 Å². The van der Waals surface area contributed by atoms with Gasteiger partial charge in [0, 0.05) is 23.1 Å². The second-order valence-electron chi connectivity index (χ2n) is 6.35. The molecule has 1 aromatic rings. The van der Waals surface area contributed by atoms with Gasteiger partial charge in [-0.3, -0.25) is 13.8 Å². The lowest BCUT2D eigenvalue weighted by molar-refractivity contribution is -0.162. The molecule has 0 bridgehead atoms. The molecule has 2 rings (SSSR count). The summed E-state index contributed by atoms with van der Waals surface area (Å²) in [5.41, 5.74) is -1.34. The summed E-state index contributed by atoms with van der Waals surface area (Å²) >= 11 is 0. The van der Waals surface area contributed by atoms with Crippen LogP contribution in [-0.2, 0) is 25.1 Å². The van der Waals surface area contributed by atoms with E-state index in [4.69, 9.17) is 14.2 Å². The molecule has 7 nitrogen and oxygen atoms in total. The summed E-state index contributed by atoms with van der Waals surface area (Å²) in [5.74, 6) is 0.421. The van der Waals surface area contributed by atoms with Crippen molar-refractivity contribution < 1.29 is 28.0 Å². The highest BCUT2D eigenvalue weighted by atomic mass is 32.2. The van der Waals surface area contributed by atoms with Crippen molar-refractivity contribution in [1.82, 2.24) is 4.90 Å². The minimum Gasteiger partial charge on any atom is -0.493 e. The standard InChI is InChI=1S/C18H25NO6S/c1-5-24-17(21)18(2,3)16(20)19-10-11-26(22)15(19)12-25-14-9-7-6-8-13(14)23-4/h6-9,15H,5,10-12H2,1-4H3. The largest absolute Gasteiger partial charge is 0.493 e. The van der Waals surface area contributed by atoms with Gasteiger partial charge in [-0.05, 0) is 32.9 Å². The first-order valence-electron chi connectivity index (χ1n) is 8.44. The van der Waals surface area contributed by atoms with Gasteiger partial charge in [0.15, 0.2) is 11.5 Å². The third-order valence-corrected chi connectivity index (χ3v) is 5.80. The summed E-state index contributed by atoms with van der Waals surface area (Å²) in [6.45, 7) is 5.29. The van der Waals surface area contributed by atoms with E-state index in [1.165, 1.54) is 25.9 Å². The third-order valence-electron chi connectivity index (χ3n) is 4.22. The molecule has 0 radical (unpaired) electrons. The number of ether oxygens (including phenoxy) is 3. The minimum absolute atomic E-state index is 0.0532. The quantitative estimate of drug-likeness (QED) is 0.525. The lowest BCUT2D eigenvalue weighted by Crippen LogP contribution is -2.49. The van der Waals surface area contributed by atoms with E-state index in [-0.39, 0.29) is 13.2 Å². The van der Waals surface area contributed by atoms with Crippen LogP contribution in [0, 0.1) is 5.41 Å². The van der Waals surface area contributed by atoms with Crippen molar-refractivity contribution in [3.63, 3.8) is 0 Å². The number of esters is 1. The Morgan fingerprint density at radius 3 is 2.54 bits per heavy atom. The first-order chi connectivity index (χ1) is 12.3. The van der Waals surface area contributed by atoms with Gasteiger partial charge in [0.25, 0.3) is 0 Å². The molecule has 1 aliphatic rings. The van der Waals surface area contributed by atoms with Gasteiger partial charge in [0.05, 0.1) is 13.7 Å². The summed E-state index contributed by atoms with van der Waals surface area (Å²) in [6, 6.07) is 7.12. The second-order valence-corrected chi connectivity index (χ2v) is 8.06. The number of rotatable bonds is 7. The van der Waals surface area contributed by atoms with Gasteiger partial charge in [-0.2, -0.15) is 0 Å². The third kappa shape index (κ3) is 4.17. The summed E-state index contributed by atoms with van der Waals surface area (Å²) in [7, 11) is 0.277. The van der Waals surface area contributed by atoms with Crippen LogP contribution in [0.1, 0.15) is 20.8 Å². The monoisotopic (exact) mass is 383 g/mol. The fraction of sp³-hybridized carbons (Fsp3) is 0.556. The maximum Gasteiger partial charge on any atom is 0.321 e. The molecule has 1 heterocycles. The molecule has 0 N–H and O–H groups in total. The molecule has 1 saturated heterocycles. The highest BCUT2D eigenvalue weighted by molar-refractivity contribution is 7.85. The number of carbonyl (C=O) groups excluding carboxylic acids is 2. The average molecular weight is 383 g/mol. The molecule has 1 aromatic carbocycles. The van der Waals surface area contributed by atoms with Crippen molar-refractivity contribution in [2.24, 2.45) is 5.41 Å². The Labute approximate surface area is 156 Å². The molecular weight excluding hydrogens is 358 g/mol. The number of methoxy groups -OCH3 is 1. The molecule has 144 valence electrons. The number of hydrogen-bond acceptors (Lipinski definition) is 6. The zero-order chi connectivity index (χ0) is 19.3. The van der Waals surface area contributed by atoms with Gasteiger partial charge in [-0.1, -0.05) is 12.1 Å². The first-order valence-corrected chi connectivity index (χ1v) is 9.82. The molecule has 26 heavy (non-hydrogen) atoms. The molecule has 0 aliphatic carbocycles. The topological polar surface area (TPSA) is 82.1 Å². The number of para-hydroxylation sites is 2. The van der Waals surface area contributed by atoms with Crippen LogP contribution in [0.4, 0.5) is 0 Å². The van der Waals surface area contributed by atoms with Crippen LogP contribution in [0.25, 0.3) is 0 Å². The van der Waals surface area contributed by atoms with Crippen LogP contribution in [0.3, 0.4) is 0 Å². The molecule has 2 unspecified atom stereocenters. The summed E-state index contributed by atoms with van der Waals surface area (Å²) in [5, 5.41) is -0.624. The summed E-state index contributed by atoms with van der Waals surface area (Å²) in [6.07, 6.45) is 0. The molecule has 1 fully saturated rings. The van der Waals surface area contributed by atoms with Crippen LogP contribution in [-0.4, -0.2) is 59.0 Å². The maximum atomic E-state index is 12.9. The Morgan fingerprint density at radius 1 is 1.27 bits per heavy atom. The van der Waals surface area contributed by atoms with E-state index >= 15 is 0 Å². The van der Waals surface area contributed by atoms with Crippen LogP contribution < -0.4 is 9.47 Å². The molecule has 0 spiro atoms. The van der Waals surface area contributed by atoms with Gasteiger partial charge >= 0.3 is 5.97 Å². The van der Waals surface area contributed by atoms with Crippen molar-refractivity contribution in [3.8, 4) is 11.5 Å². The highest BCUT2D eigenvalue weighted by Crippen LogP contribution is 2.29. The lowest BCUT2D eigenvalue weighted by atomic mass is 9.91. The lowest BCUT2D eigenvalue weighted by Gasteiger charge is -2.30. The molecule has 8 heteroatoms. The van der Waals surface area contributed by atoms with E-state index in [1.807, 2.05) is 6.07 Å². The molecule has 2 atom stereocenters. The van der Waals surface area contributed by atoms with Crippen molar-refractivity contribution >= 4 is 22.7 Å². The van der Waals surface area contributed by atoms with Gasteiger partial charge in [0.2, 0.25) is 5.91 Å². The second kappa shape index (κ2) is 8.53. The fourth-order valence-electron chi connectivity index (χ4n) is 2.67. The molecule has 1 aliphatic heterocycles. The number of hydrogen-bond donors (Lipinski definition) is 0. The Bertz CT molecular complexity index is 690. The van der Waals surface area contributed by atoms with Crippen molar-refractivity contribution in [3.05, 3.63) is 24.3 Å². The zero-order valence-electron chi connectivity index (χ0n) is 15.5. The van der Waals surface area contributed by atoms with Gasteiger partial charge in [-0.25, -0.2) is 0 Å². The maximum absolute atomic E-state index is 12.9. The predicted octanol–water partition coefficient (Wildman–Crippen LogP) is 1.58. The van der Waals surface area contributed by atoms with Crippen LogP contribution in [0.2, 0.25) is 0 Å². The highest BCUT2D eigenvalue weighted by Gasteiger charge is 2.46. The molecule has 0 aromatic heterocycles. The molecule has 0 saturated carbocycles. The van der Waals surface area contributed by atoms with Crippen LogP contribution in [0.15, 0.2) is 24.3 Å². The molecular formula is C18H25NO6S.